The third kappa shape index (κ3) is 1.78. The second-order valence-electron chi connectivity index (χ2n) is 2.13. The lowest BCUT2D eigenvalue weighted by Crippen LogP contribution is -2.19. The lowest BCUT2D eigenvalue weighted by atomic mass is 10.5. The fourth-order valence-electron chi connectivity index (χ4n) is 0.648. The molecule has 0 fully saturated rings. The van der Waals surface area contributed by atoms with Gasteiger partial charge in [0, 0.05) is 0 Å². The molecule has 12 heavy (non-hydrogen) atoms. The molecule has 0 aromatic carbocycles. The van der Waals surface area contributed by atoms with Crippen LogP contribution in [0.4, 0.5) is 0 Å². The third-order valence-electron chi connectivity index (χ3n) is 1.11. The van der Waals surface area contributed by atoms with Crippen LogP contribution in [0.2, 0.25) is 0 Å². The van der Waals surface area contributed by atoms with E-state index in [2.05, 4.69) is 10.3 Å². The number of primary amides is 2. The third-order valence-corrected chi connectivity index (χ3v) is 1.11. The SMILES string of the molecule is NC(=O)Cn1cc(C(N)=O)nn1. The van der Waals surface area contributed by atoms with Crippen molar-refractivity contribution in [3.05, 3.63) is 11.9 Å². The molecule has 0 radical (unpaired) electrons. The number of carbonyl (C=O) groups is 2. The summed E-state index contributed by atoms with van der Waals surface area (Å²) in [6.45, 7) is -0.111. The normalized spacial score (nSPS) is 9.67. The van der Waals surface area contributed by atoms with E-state index < -0.39 is 11.8 Å². The van der Waals surface area contributed by atoms with Crippen LogP contribution in [-0.4, -0.2) is 26.8 Å². The molecule has 0 saturated carbocycles. The Morgan fingerprint density at radius 1 is 1.50 bits per heavy atom. The van der Waals surface area contributed by atoms with Crippen molar-refractivity contribution in [3.63, 3.8) is 0 Å². The van der Waals surface area contributed by atoms with Gasteiger partial charge in [0.1, 0.15) is 6.54 Å². The molecule has 0 aliphatic heterocycles. The lowest BCUT2D eigenvalue weighted by molar-refractivity contribution is -0.118. The highest BCUT2D eigenvalue weighted by molar-refractivity contribution is 5.90. The highest BCUT2D eigenvalue weighted by atomic mass is 16.1. The molecule has 2 amide bonds. The van der Waals surface area contributed by atoms with Gasteiger partial charge in [0.05, 0.1) is 6.20 Å². The summed E-state index contributed by atoms with van der Waals surface area (Å²) in [6, 6.07) is 0. The highest BCUT2D eigenvalue weighted by Gasteiger charge is 2.06. The second kappa shape index (κ2) is 2.99. The van der Waals surface area contributed by atoms with Crippen molar-refractivity contribution in [3.8, 4) is 0 Å². The minimum Gasteiger partial charge on any atom is -0.368 e. The maximum atomic E-state index is 10.5. The van der Waals surface area contributed by atoms with Crippen molar-refractivity contribution in [1.29, 1.82) is 0 Å². The van der Waals surface area contributed by atoms with Crippen LogP contribution in [0.3, 0.4) is 0 Å². The number of nitrogens with zero attached hydrogens (tertiary/aromatic N) is 3. The molecule has 64 valence electrons. The summed E-state index contributed by atoms with van der Waals surface area (Å²) < 4.78 is 1.14. The van der Waals surface area contributed by atoms with Gasteiger partial charge in [0.25, 0.3) is 5.91 Å². The summed E-state index contributed by atoms with van der Waals surface area (Å²) in [5.41, 5.74) is 9.76. The van der Waals surface area contributed by atoms with Crippen molar-refractivity contribution in [2.75, 3.05) is 0 Å². The molecule has 0 aliphatic carbocycles. The van der Waals surface area contributed by atoms with Crippen LogP contribution >= 0.6 is 0 Å². The Morgan fingerprint density at radius 3 is 2.58 bits per heavy atom. The Balaban J connectivity index is 2.77. The smallest absolute Gasteiger partial charge is 0.270 e. The summed E-state index contributed by atoms with van der Waals surface area (Å²) in [5.74, 6) is -1.25. The molecular formula is C5H7N5O2. The van der Waals surface area contributed by atoms with Gasteiger partial charge < -0.3 is 11.5 Å². The lowest BCUT2D eigenvalue weighted by Gasteiger charge is -1.91. The number of hydrogen-bond acceptors (Lipinski definition) is 4. The van der Waals surface area contributed by atoms with E-state index >= 15 is 0 Å². The van der Waals surface area contributed by atoms with E-state index in [0.29, 0.717) is 0 Å². The Labute approximate surface area is 67.3 Å². The van der Waals surface area contributed by atoms with E-state index in [1.165, 1.54) is 6.20 Å². The monoisotopic (exact) mass is 169 g/mol. The van der Waals surface area contributed by atoms with E-state index in [-0.39, 0.29) is 12.2 Å². The van der Waals surface area contributed by atoms with Gasteiger partial charge in [0.15, 0.2) is 5.69 Å². The van der Waals surface area contributed by atoms with E-state index in [0.717, 1.165) is 4.68 Å². The van der Waals surface area contributed by atoms with Crippen molar-refractivity contribution < 1.29 is 9.59 Å². The Kier molecular flexibility index (Phi) is 2.04. The van der Waals surface area contributed by atoms with Gasteiger partial charge in [0.2, 0.25) is 5.91 Å². The zero-order chi connectivity index (χ0) is 9.14. The number of rotatable bonds is 3. The van der Waals surface area contributed by atoms with Crippen molar-refractivity contribution in [2.24, 2.45) is 11.5 Å². The fourth-order valence-corrected chi connectivity index (χ4v) is 0.648. The van der Waals surface area contributed by atoms with Gasteiger partial charge in [-0.2, -0.15) is 0 Å². The first-order valence-corrected chi connectivity index (χ1v) is 3.08. The van der Waals surface area contributed by atoms with E-state index in [9.17, 15) is 9.59 Å². The minimum atomic E-state index is -0.689. The molecule has 7 heteroatoms. The standard InChI is InChI=1S/C5H7N5O2/c6-4(11)2-10-1-3(5(7)12)8-9-10/h1H,2H2,(H2,6,11)(H2,7,12). The van der Waals surface area contributed by atoms with Crippen LogP contribution in [-0.2, 0) is 11.3 Å². The van der Waals surface area contributed by atoms with Crippen LogP contribution in [0.15, 0.2) is 6.20 Å². The number of hydrogen-bond donors (Lipinski definition) is 2. The van der Waals surface area contributed by atoms with Crippen LogP contribution in [0.25, 0.3) is 0 Å². The second-order valence-corrected chi connectivity index (χ2v) is 2.13. The Bertz CT molecular complexity index is 317. The number of aromatic nitrogens is 3. The van der Waals surface area contributed by atoms with Crippen molar-refractivity contribution in [2.45, 2.75) is 6.54 Å². The zero-order valence-electron chi connectivity index (χ0n) is 6.10. The topological polar surface area (TPSA) is 117 Å². The molecular weight excluding hydrogens is 162 g/mol. The maximum absolute atomic E-state index is 10.5. The molecule has 0 unspecified atom stereocenters. The quantitative estimate of drug-likeness (QED) is 0.537. The molecule has 1 rings (SSSR count). The Hall–Kier alpha value is -1.92. The largest absolute Gasteiger partial charge is 0.368 e. The molecule has 0 spiro atoms. The maximum Gasteiger partial charge on any atom is 0.270 e. The van der Waals surface area contributed by atoms with E-state index in [4.69, 9.17) is 11.5 Å². The van der Waals surface area contributed by atoms with Gasteiger partial charge in [-0.25, -0.2) is 4.68 Å². The van der Waals surface area contributed by atoms with Crippen LogP contribution in [0, 0.1) is 0 Å². The van der Waals surface area contributed by atoms with Gasteiger partial charge in [-0.05, 0) is 0 Å². The molecule has 1 aromatic rings. The predicted molar refractivity (Wildman–Crippen MR) is 37.7 cm³/mol. The molecule has 1 heterocycles. The fraction of sp³-hybridized carbons (Fsp3) is 0.200. The molecule has 1 aromatic heterocycles. The summed E-state index contributed by atoms with van der Waals surface area (Å²) in [4.78, 5) is 20.9. The molecule has 4 N–H and O–H groups in total. The van der Waals surface area contributed by atoms with E-state index in [1.807, 2.05) is 0 Å². The summed E-state index contributed by atoms with van der Waals surface area (Å²) in [7, 11) is 0. The summed E-state index contributed by atoms with van der Waals surface area (Å²) >= 11 is 0. The highest BCUT2D eigenvalue weighted by Crippen LogP contribution is 1.89. The van der Waals surface area contributed by atoms with Crippen molar-refractivity contribution >= 4 is 11.8 Å². The zero-order valence-corrected chi connectivity index (χ0v) is 6.10. The Morgan fingerprint density at radius 2 is 2.17 bits per heavy atom. The molecule has 0 atom stereocenters. The summed E-state index contributed by atoms with van der Waals surface area (Å²) in [6.07, 6.45) is 1.26. The molecule has 0 aliphatic rings. The number of amides is 2. The molecule has 7 nitrogen and oxygen atoms in total. The van der Waals surface area contributed by atoms with E-state index in [1.54, 1.807) is 0 Å². The first-order chi connectivity index (χ1) is 5.59. The average molecular weight is 169 g/mol. The summed E-state index contributed by atoms with van der Waals surface area (Å²) in [5, 5.41) is 6.84. The minimum absolute atomic E-state index is 0.0104. The van der Waals surface area contributed by atoms with Gasteiger partial charge >= 0.3 is 0 Å². The average Bonchev–Trinajstić information content (AvgIpc) is 2.34. The van der Waals surface area contributed by atoms with Crippen LogP contribution in [0.1, 0.15) is 10.5 Å². The van der Waals surface area contributed by atoms with Crippen molar-refractivity contribution in [1.82, 2.24) is 15.0 Å². The first kappa shape index (κ1) is 8.18. The predicted octanol–water partition coefficient (Wildman–Crippen LogP) is -2.14. The van der Waals surface area contributed by atoms with Gasteiger partial charge in [-0.1, -0.05) is 5.21 Å². The molecule has 0 bridgehead atoms. The van der Waals surface area contributed by atoms with Crippen LogP contribution < -0.4 is 11.5 Å². The molecule has 0 saturated heterocycles. The first-order valence-electron chi connectivity index (χ1n) is 3.08. The number of nitrogens with two attached hydrogens (primary N) is 2. The van der Waals surface area contributed by atoms with Gasteiger partial charge in [-0.3, -0.25) is 9.59 Å². The van der Waals surface area contributed by atoms with Gasteiger partial charge in [-0.15, -0.1) is 5.10 Å². The number of carbonyl (C=O) groups excluding carboxylic acids is 2. The van der Waals surface area contributed by atoms with Crippen LogP contribution in [0.5, 0.6) is 0 Å².